The van der Waals surface area contributed by atoms with Gasteiger partial charge in [0, 0.05) is 17.5 Å². The van der Waals surface area contributed by atoms with Crippen LogP contribution in [0.2, 0.25) is 5.02 Å². The predicted octanol–water partition coefficient (Wildman–Crippen LogP) is 4.67. The van der Waals surface area contributed by atoms with Crippen LogP contribution in [0.5, 0.6) is 11.5 Å². The van der Waals surface area contributed by atoms with Crippen LogP contribution in [0.1, 0.15) is 16.3 Å². The highest BCUT2D eigenvalue weighted by Gasteiger charge is 2.18. The molecule has 0 saturated carbocycles. The average Bonchev–Trinajstić information content (AvgIpc) is 3.17. The van der Waals surface area contributed by atoms with E-state index in [4.69, 9.17) is 21.1 Å². The molecule has 9 heteroatoms. The van der Waals surface area contributed by atoms with E-state index in [0.717, 1.165) is 16.3 Å². The summed E-state index contributed by atoms with van der Waals surface area (Å²) < 4.78 is 11.1. The number of anilines is 2. The van der Waals surface area contributed by atoms with Gasteiger partial charge in [0.05, 0.1) is 27.1 Å². The van der Waals surface area contributed by atoms with Crippen LogP contribution < -0.4 is 20.1 Å². The van der Waals surface area contributed by atoms with Crippen molar-refractivity contribution < 1.29 is 19.1 Å². The molecule has 2 heterocycles. The number of nitrogens with zero attached hydrogens (tertiary/aromatic N) is 1. The van der Waals surface area contributed by atoms with Crippen molar-refractivity contribution in [1.29, 1.82) is 0 Å². The first-order chi connectivity index (χ1) is 15.0. The van der Waals surface area contributed by atoms with E-state index in [0.29, 0.717) is 34.5 Å². The summed E-state index contributed by atoms with van der Waals surface area (Å²) in [5, 5.41) is 8.64. The van der Waals surface area contributed by atoms with Crippen molar-refractivity contribution in [2.45, 2.75) is 13.5 Å². The van der Waals surface area contributed by atoms with E-state index in [-0.39, 0.29) is 18.4 Å². The van der Waals surface area contributed by atoms with Crippen LogP contribution in [-0.4, -0.2) is 23.4 Å². The Hall–Kier alpha value is -3.36. The van der Waals surface area contributed by atoms with Crippen LogP contribution in [0.25, 0.3) is 6.08 Å². The van der Waals surface area contributed by atoms with Crippen LogP contribution in [0.4, 0.5) is 11.4 Å². The number of rotatable bonds is 6. The number of halogens is 1. The largest absolute Gasteiger partial charge is 0.487 e. The smallest absolute Gasteiger partial charge is 0.262 e. The number of aryl methyl sites for hydroxylation is 1. The van der Waals surface area contributed by atoms with Crippen LogP contribution >= 0.6 is 22.9 Å². The molecule has 0 bridgehead atoms. The number of hydrogen-bond acceptors (Lipinski definition) is 6. The normalized spacial score (nSPS) is 12.8. The van der Waals surface area contributed by atoms with Gasteiger partial charge in [-0.25, -0.2) is 4.98 Å². The van der Waals surface area contributed by atoms with E-state index >= 15 is 0 Å². The number of carbonyl (C=O) groups excluding carboxylic acids is 2. The molecule has 1 aromatic heterocycles. The standard InChI is InChI=1S/C22H18ClN3O4S/c1-13-24-15(12-31-13)10-29-16-4-2-3-14(7-16)5-6-21(27)25-18-9-20-19(8-17(18)23)26-22(28)11-30-20/h2-9,12H,10-11H2,1H3,(H,25,27)(H,26,28)/b6-5+. The van der Waals surface area contributed by atoms with Crippen LogP contribution in [0.3, 0.4) is 0 Å². The minimum atomic E-state index is -0.356. The van der Waals surface area contributed by atoms with Gasteiger partial charge in [0.15, 0.2) is 6.61 Å². The number of fused-ring (bicyclic) bond motifs is 1. The molecule has 1 aliphatic heterocycles. The quantitative estimate of drug-likeness (QED) is 0.527. The van der Waals surface area contributed by atoms with Gasteiger partial charge in [-0.2, -0.15) is 0 Å². The number of carbonyl (C=O) groups is 2. The SMILES string of the molecule is Cc1nc(COc2cccc(/C=C/C(=O)Nc3cc4c(cc3Cl)NC(=O)CO4)c2)cs1. The number of nitrogens with one attached hydrogen (secondary N) is 2. The Bertz CT molecular complexity index is 1180. The van der Waals surface area contributed by atoms with Crippen LogP contribution in [0, 0.1) is 6.92 Å². The van der Waals surface area contributed by atoms with E-state index in [1.165, 1.54) is 12.1 Å². The van der Waals surface area contributed by atoms with Gasteiger partial charge in [0.1, 0.15) is 18.1 Å². The molecular weight excluding hydrogens is 438 g/mol. The lowest BCUT2D eigenvalue weighted by molar-refractivity contribution is -0.118. The lowest BCUT2D eigenvalue weighted by Gasteiger charge is -2.19. The molecule has 2 aromatic carbocycles. The summed E-state index contributed by atoms with van der Waals surface area (Å²) >= 11 is 7.79. The van der Waals surface area contributed by atoms with Crippen molar-refractivity contribution in [3.8, 4) is 11.5 Å². The van der Waals surface area contributed by atoms with Gasteiger partial charge in [0.2, 0.25) is 5.91 Å². The second-order valence-corrected chi connectivity index (χ2v) is 8.18. The predicted molar refractivity (Wildman–Crippen MR) is 121 cm³/mol. The fourth-order valence-electron chi connectivity index (χ4n) is 2.88. The summed E-state index contributed by atoms with van der Waals surface area (Å²) in [6, 6.07) is 10.5. The molecule has 3 aromatic rings. The number of aromatic nitrogens is 1. The van der Waals surface area contributed by atoms with E-state index in [1.54, 1.807) is 23.5 Å². The van der Waals surface area contributed by atoms with Crippen molar-refractivity contribution in [3.05, 3.63) is 69.1 Å². The molecule has 0 unspecified atom stereocenters. The summed E-state index contributed by atoms with van der Waals surface area (Å²) in [4.78, 5) is 28.1. The Balaban J connectivity index is 1.38. The molecular formula is C22H18ClN3O4S. The maximum atomic E-state index is 12.4. The molecule has 2 N–H and O–H groups in total. The topological polar surface area (TPSA) is 89.5 Å². The molecule has 0 spiro atoms. The Labute approximate surface area is 187 Å². The van der Waals surface area contributed by atoms with Gasteiger partial charge in [-0.3, -0.25) is 9.59 Å². The highest BCUT2D eigenvalue weighted by atomic mass is 35.5. The summed E-state index contributed by atoms with van der Waals surface area (Å²) in [6.07, 6.45) is 3.08. The van der Waals surface area contributed by atoms with Crippen LogP contribution in [-0.2, 0) is 16.2 Å². The third kappa shape index (κ3) is 5.42. The monoisotopic (exact) mass is 455 g/mol. The maximum absolute atomic E-state index is 12.4. The number of amides is 2. The summed E-state index contributed by atoms with van der Waals surface area (Å²) in [6.45, 7) is 2.26. The van der Waals surface area contributed by atoms with Crippen LogP contribution in [0.15, 0.2) is 47.9 Å². The number of ether oxygens (including phenoxy) is 2. The van der Waals surface area contributed by atoms with Gasteiger partial charge in [0.25, 0.3) is 5.91 Å². The third-order valence-corrected chi connectivity index (χ3v) is 5.43. The molecule has 0 fully saturated rings. The Morgan fingerprint density at radius 2 is 2.26 bits per heavy atom. The maximum Gasteiger partial charge on any atom is 0.262 e. The van der Waals surface area contributed by atoms with Gasteiger partial charge < -0.3 is 20.1 Å². The summed E-state index contributed by atoms with van der Waals surface area (Å²) in [7, 11) is 0. The molecule has 2 amide bonds. The summed E-state index contributed by atoms with van der Waals surface area (Å²) in [5.41, 5.74) is 2.55. The van der Waals surface area contributed by atoms with E-state index in [1.807, 2.05) is 36.6 Å². The number of thiazole rings is 1. The van der Waals surface area contributed by atoms with Crippen molar-refractivity contribution in [1.82, 2.24) is 4.98 Å². The molecule has 1 aliphatic rings. The minimum absolute atomic E-state index is 0.0809. The molecule has 0 radical (unpaired) electrons. The zero-order valence-electron chi connectivity index (χ0n) is 16.5. The second-order valence-electron chi connectivity index (χ2n) is 6.71. The minimum Gasteiger partial charge on any atom is -0.487 e. The lowest BCUT2D eigenvalue weighted by atomic mass is 10.2. The second kappa shape index (κ2) is 9.20. The van der Waals surface area contributed by atoms with Gasteiger partial charge in [-0.05, 0) is 36.8 Å². The number of benzene rings is 2. The Morgan fingerprint density at radius 3 is 3.06 bits per heavy atom. The molecule has 158 valence electrons. The molecule has 0 aliphatic carbocycles. The Morgan fingerprint density at radius 1 is 1.39 bits per heavy atom. The van der Waals surface area contributed by atoms with Crippen molar-refractivity contribution in [3.63, 3.8) is 0 Å². The van der Waals surface area contributed by atoms with Crippen molar-refractivity contribution >= 4 is 52.2 Å². The number of hydrogen-bond donors (Lipinski definition) is 2. The lowest BCUT2D eigenvalue weighted by Crippen LogP contribution is -2.25. The van der Waals surface area contributed by atoms with E-state index in [2.05, 4.69) is 15.6 Å². The highest BCUT2D eigenvalue weighted by molar-refractivity contribution is 7.09. The van der Waals surface area contributed by atoms with Gasteiger partial charge in [-0.15, -0.1) is 11.3 Å². The van der Waals surface area contributed by atoms with E-state index < -0.39 is 0 Å². The molecule has 0 atom stereocenters. The van der Waals surface area contributed by atoms with Gasteiger partial charge in [-0.1, -0.05) is 23.7 Å². The van der Waals surface area contributed by atoms with Crippen molar-refractivity contribution in [2.75, 3.05) is 17.2 Å². The molecule has 4 rings (SSSR count). The highest BCUT2D eigenvalue weighted by Crippen LogP contribution is 2.36. The average molecular weight is 456 g/mol. The summed E-state index contributed by atoms with van der Waals surface area (Å²) in [5.74, 6) is 0.524. The van der Waals surface area contributed by atoms with Crippen molar-refractivity contribution in [2.24, 2.45) is 0 Å². The molecule has 0 saturated heterocycles. The van der Waals surface area contributed by atoms with Gasteiger partial charge >= 0.3 is 0 Å². The first-order valence-electron chi connectivity index (χ1n) is 9.35. The third-order valence-electron chi connectivity index (χ3n) is 4.30. The Kier molecular flexibility index (Phi) is 6.20. The zero-order valence-corrected chi connectivity index (χ0v) is 18.0. The molecule has 31 heavy (non-hydrogen) atoms. The molecule has 7 nitrogen and oxygen atoms in total. The first kappa shape index (κ1) is 20.9. The zero-order chi connectivity index (χ0) is 21.8. The fraction of sp³-hybridized carbons (Fsp3) is 0.136. The fourth-order valence-corrected chi connectivity index (χ4v) is 3.69. The van der Waals surface area contributed by atoms with E-state index in [9.17, 15) is 9.59 Å². The first-order valence-corrected chi connectivity index (χ1v) is 10.6.